The zero-order valence-electron chi connectivity index (χ0n) is 18.2. The Balaban J connectivity index is 1.59. The van der Waals surface area contributed by atoms with Crippen molar-refractivity contribution in [3.05, 3.63) is 101 Å². The Bertz CT molecular complexity index is 1260. The lowest BCUT2D eigenvalue weighted by Crippen LogP contribution is -2.48. The van der Waals surface area contributed by atoms with Gasteiger partial charge >= 0.3 is 0 Å². The number of carbonyl (C=O) groups excluding carboxylic acids is 3. The fraction of sp³-hybridized carbons (Fsp3) is 0.192. The van der Waals surface area contributed by atoms with Gasteiger partial charge < -0.3 is 0 Å². The summed E-state index contributed by atoms with van der Waals surface area (Å²) in [5.74, 6) is -2.89. The standard InChI is InChI=1S/C26H22FN3O3/c1-15-7-11-17(12-8-15)24(31)30-23-21(22(28-30)19-5-3-4-6-20(19)27)25(32)29(26(23)33)18-13-9-16(2)10-14-18/h3-14,21-23,28H,1-2H3. The summed E-state index contributed by atoms with van der Waals surface area (Å²) in [4.78, 5) is 41.6. The third kappa shape index (κ3) is 3.41. The van der Waals surface area contributed by atoms with Gasteiger partial charge in [-0.2, -0.15) is 0 Å². The van der Waals surface area contributed by atoms with Gasteiger partial charge in [0, 0.05) is 11.1 Å². The summed E-state index contributed by atoms with van der Waals surface area (Å²) in [6, 6.07) is 18.1. The second kappa shape index (κ2) is 7.94. The zero-order valence-corrected chi connectivity index (χ0v) is 18.2. The molecule has 3 atom stereocenters. The van der Waals surface area contributed by atoms with Crippen LogP contribution in [0.4, 0.5) is 10.1 Å². The summed E-state index contributed by atoms with van der Waals surface area (Å²) in [7, 11) is 0. The van der Waals surface area contributed by atoms with Crippen LogP contribution < -0.4 is 10.3 Å². The molecule has 3 aromatic carbocycles. The first-order valence-corrected chi connectivity index (χ1v) is 10.7. The van der Waals surface area contributed by atoms with Crippen LogP contribution in [0.1, 0.15) is 33.1 Å². The maximum Gasteiger partial charge on any atom is 0.268 e. The van der Waals surface area contributed by atoms with Gasteiger partial charge in [-0.1, -0.05) is 53.6 Å². The van der Waals surface area contributed by atoms with Crippen LogP contribution in [0.25, 0.3) is 0 Å². The van der Waals surface area contributed by atoms with E-state index in [1.165, 1.54) is 11.1 Å². The fourth-order valence-corrected chi connectivity index (χ4v) is 4.54. The minimum absolute atomic E-state index is 0.235. The van der Waals surface area contributed by atoms with Crippen molar-refractivity contribution in [1.82, 2.24) is 10.4 Å². The summed E-state index contributed by atoms with van der Waals surface area (Å²) in [6.45, 7) is 3.82. The lowest BCUT2D eigenvalue weighted by atomic mass is 9.90. The largest absolute Gasteiger partial charge is 0.274 e. The number of rotatable bonds is 3. The zero-order chi connectivity index (χ0) is 23.3. The molecule has 3 unspecified atom stereocenters. The van der Waals surface area contributed by atoms with Crippen LogP contribution in [-0.2, 0) is 9.59 Å². The number of halogens is 1. The Morgan fingerprint density at radius 1 is 0.848 bits per heavy atom. The first-order valence-electron chi connectivity index (χ1n) is 10.7. The number of amides is 3. The van der Waals surface area contributed by atoms with E-state index in [0.717, 1.165) is 16.0 Å². The first-order chi connectivity index (χ1) is 15.9. The lowest BCUT2D eigenvalue weighted by Gasteiger charge is -2.25. The molecule has 1 N–H and O–H groups in total. The molecular weight excluding hydrogens is 421 g/mol. The van der Waals surface area contributed by atoms with E-state index in [1.54, 1.807) is 54.6 Å². The highest BCUT2D eigenvalue weighted by atomic mass is 19.1. The number of hydrazine groups is 1. The van der Waals surface area contributed by atoms with Crippen molar-refractivity contribution in [3.63, 3.8) is 0 Å². The van der Waals surface area contributed by atoms with Gasteiger partial charge in [0.1, 0.15) is 11.9 Å². The number of fused-ring (bicyclic) bond motifs is 1. The van der Waals surface area contributed by atoms with Crippen molar-refractivity contribution in [2.75, 3.05) is 4.90 Å². The summed E-state index contributed by atoms with van der Waals surface area (Å²) in [6.07, 6.45) is 0. The van der Waals surface area contributed by atoms with Crippen molar-refractivity contribution in [2.24, 2.45) is 5.92 Å². The van der Waals surface area contributed by atoms with E-state index in [9.17, 15) is 18.8 Å². The van der Waals surface area contributed by atoms with Crippen molar-refractivity contribution >= 4 is 23.4 Å². The van der Waals surface area contributed by atoms with Crippen LogP contribution >= 0.6 is 0 Å². The van der Waals surface area contributed by atoms with Crippen molar-refractivity contribution in [2.45, 2.75) is 25.9 Å². The molecular formula is C26H22FN3O3. The SMILES string of the molecule is Cc1ccc(C(=O)N2NC(c3ccccc3F)C3C(=O)N(c4ccc(C)cc4)C(=O)C32)cc1. The lowest BCUT2D eigenvalue weighted by molar-refractivity contribution is -0.123. The first kappa shape index (κ1) is 21.0. The predicted molar refractivity (Wildman–Crippen MR) is 121 cm³/mol. The van der Waals surface area contributed by atoms with Crippen molar-refractivity contribution in [3.8, 4) is 0 Å². The Kier molecular flexibility index (Phi) is 5.06. The number of hydrogen-bond acceptors (Lipinski definition) is 4. The van der Waals surface area contributed by atoms with E-state index < -0.39 is 41.5 Å². The molecule has 0 aromatic heterocycles. The summed E-state index contributed by atoms with van der Waals surface area (Å²) in [5, 5.41) is 1.20. The molecule has 0 aliphatic carbocycles. The third-order valence-corrected chi connectivity index (χ3v) is 6.28. The molecule has 2 aliphatic rings. The van der Waals surface area contributed by atoms with E-state index in [-0.39, 0.29) is 5.56 Å². The Labute approximate surface area is 190 Å². The van der Waals surface area contributed by atoms with Gasteiger partial charge in [0.2, 0.25) is 5.91 Å². The average molecular weight is 443 g/mol. The highest BCUT2D eigenvalue weighted by Crippen LogP contribution is 2.42. The number of aryl methyl sites for hydroxylation is 2. The van der Waals surface area contributed by atoms with Crippen molar-refractivity contribution in [1.29, 1.82) is 0 Å². The second-order valence-corrected chi connectivity index (χ2v) is 8.49. The molecule has 2 heterocycles. The van der Waals surface area contributed by atoms with Crippen LogP contribution in [0.2, 0.25) is 0 Å². The smallest absolute Gasteiger partial charge is 0.268 e. The molecule has 0 bridgehead atoms. The molecule has 2 aliphatic heterocycles. The number of anilines is 1. The molecule has 2 fully saturated rings. The van der Waals surface area contributed by atoms with Crippen LogP contribution in [0, 0.1) is 25.6 Å². The number of carbonyl (C=O) groups is 3. The van der Waals surface area contributed by atoms with Gasteiger partial charge in [0.25, 0.3) is 11.8 Å². The quantitative estimate of drug-likeness (QED) is 0.627. The molecule has 3 aromatic rings. The van der Waals surface area contributed by atoms with E-state index in [4.69, 9.17) is 0 Å². The molecule has 5 rings (SSSR count). The van der Waals surface area contributed by atoms with Gasteiger partial charge in [-0.3, -0.25) is 19.4 Å². The second-order valence-electron chi connectivity index (χ2n) is 8.49. The maximum absolute atomic E-state index is 14.7. The molecule has 7 heteroatoms. The highest BCUT2D eigenvalue weighted by Gasteiger charge is 2.60. The molecule has 166 valence electrons. The number of hydrogen-bond donors (Lipinski definition) is 1. The van der Waals surface area contributed by atoms with E-state index >= 15 is 0 Å². The molecule has 33 heavy (non-hydrogen) atoms. The molecule has 2 saturated heterocycles. The number of nitrogens with zero attached hydrogens (tertiary/aromatic N) is 2. The van der Waals surface area contributed by atoms with Crippen LogP contribution in [0.5, 0.6) is 0 Å². The van der Waals surface area contributed by atoms with E-state index in [2.05, 4.69) is 5.43 Å². The Hall–Kier alpha value is -3.84. The van der Waals surface area contributed by atoms with Gasteiger partial charge in [-0.15, -0.1) is 0 Å². The van der Waals surface area contributed by atoms with E-state index in [0.29, 0.717) is 11.3 Å². The highest BCUT2D eigenvalue weighted by molar-refractivity contribution is 6.25. The molecule has 0 radical (unpaired) electrons. The third-order valence-electron chi connectivity index (χ3n) is 6.28. The van der Waals surface area contributed by atoms with Crippen molar-refractivity contribution < 1.29 is 18.8 Å². The summed E-state index contributed by atoms with van der Waals surface area (Å²) in [5.41, 5.74) is 5.99. The number of imide groups is 1. The van der Waals surface area contributed by atoms with Crippen LogP contribution in [0.3, 0.4) is 0 Å². The molecule has 0 spiro atoms. The Morgan fingerprint density at radius 3 is 2.09 bits per heavy atom. The van der Waals surface area contributed by atoms with Gasteiger partial charge in [0.15, 0.2) is 0 Å². The minimum Gasteiger partial charge on any atom is -0.274 e. The number of nitrogens with one attached hydrogen (secondary N) is 1. The van der Waals surface area contributed by atoms with Gasteiger partial charge in [-0.05, 0) is 44.2 Å². The van der Waals surface area contributed by atoms with Crippen LogP contribution in [0.15, 0.2) is 72.8 Å². The monoisotopic (exact) mass is 443 g/mol. The normalized spacial score (nSPS) is 22.1. The molecule has 6 nitrogen and oxygen atoms in total. The fourth-order valence-electron chi connectivity index (χ4n) is 4.54. The minimum atomic E-state index is -1.09. The molecule has 0 saturated carbocycles. The van der Waals surface area contributed by atoms with E-state index in [1.807, 2.05) is 26.0 Å². The maximum atomic E-state index is 14.7. The van der Waals surface area contributed by atoms with Crippen LogP contribution in [-0.4, -0.2) is 28.8 Å². The predicted octanol–water partition coefficient (Wildman–Crippen LogP) is 3.70. The van der Waals surface area contributed by atoms with Gasteiger partial charge in [-0.25, -0.2) is 14.7 Å². The average Bonchev–Trinajstić information content (AvgIpc) is 3.32. The topological polar surface area (TPSA) is 69.7 Å². The molecule has 3 amide bonds. The Morgan fingerprint density at radius 2 is 1.45 bits per heavy atom. The summed E-state index contributed by atoms with van der Waals surface area (Å²) >= 11 is 0. The summed E-state index contributed by atoms with van der Waals surface area (Å²) < 4.78 is 14.7. The number of benzene rings is 3. The van der Waals surface area contributed by atoms with Gasteiger partial charge in [0.05, 0.1) is 17.6 Å².